The van der Waals surface area contributed by atoms with Gasteiger partial charge >= 0.3 is 0 Å². The molecule has 0 aliphatic carbocycles. The van der Waals surface area contributed by atoms with Gasteiger partial charge in [0.1, 0.15) is 4.60 Å². The van der Waals surface area contributed by atoms with E-state index in [4.69, 9.17) is 11.6 Å². The van der Waals surface area contributed by atoms with Crippen LogP contribution in [0.25, 0.3) is 0 Å². The molecule has 1 rings (SSSR count). The minimum absolute atomic E-state index is 0.623. The molecule has 0 bridgehead atoms. The van der Waals surface area contributed by atoms with Crippen molar-refractivity contribution in [3.63, 3.8) is 0 Å². The van der Waals surface area contributed by atoms with Crippen LogP contribution in [0.4, 0.5) is 0 Å². The minimum Gasteiger partial charge on any atom is -0.243 e. The molecule has 0 aromatic carbocycles. The Hall–Kier alpha value is 0.400. The van der Waals surface area contributed by atoms with E-state index in [1.807, 2.05) is 13.0 Å². The van der Waals surface area contributed by atoms with Gasteiger partial charge in [-0.15, -0.1) is 0 Å². The molecule has 0 fully saturated rings. The van der Waals surface area contributed by atoms with Crippen LogP contribution in [0.2, 0.25) is 5.02 Å². The number of nitrogens with zero attached hydrogens (tertiary/aromatic N) is 1. The second-order valence-electron chi connectivity index (χ2n) is 1.83. The van der Waals surface area contributed by atoms with Gasteiger partial charge in [-0.3, -0.25) is 0 Å². The third kappa shape index (κ3) is 1.71. The lowest BCUT2D eigenvalue weighted by Crippen LogP contribution is -1.83. The molecule has 1 aromatic heterocycles. The fraction of sp³-hybridized carbons (Fsp3) is 0.167. The molecule has 1 heterocycles. The van der Waals surface area contributed by atoms with E-state index in [0.717, 1.165) is 10.2 Å². The number of hydrogen-bond donors (Lipinski definition) is 0. The summed E-state index contributed by atoms with van der Waals surface area (Å²) < 4.78 is 1.62. The van der Waals surface area contributed by atoms with E-state index >= 15 is 0 Å². The first-order valence-electron chi connectivity index (χ1n) is 2.59. The fourth-order valence-electron chi connectivity index (χ4n) is 0.529. The maximum atomic E-state index is 5.75. The van der Waals surface area contributed by atoms with Gasteiger partial charge in [-0.1, -0.05) is 11.6 Å². The van der Waals surface area contributed by atoms with Crippen LogP contribution in [0.1, 0.15) is 5.69 Å². The summed E-state index contributed by atoms with van der Waals surface area (Å²) >= 11 is 12.3. The van der Waals surface area contributed by atoms with Gasteiger partial charge < -0.3 is 0 Å². The van der Waals surface area contributed by atoms with Crippen LogP contribution in [0.15, 0.2) is 15.1 Å². The van der Waals surface area contributed by atoms with Crippen molar-refractivity contribution in [3.05, 3.63) is 25.9 Å². The highest BCUT2D eigenvalue weighted by Gasteiger charge is 2.01. The van der Waals surface area contributed by atoms with E-state index in [1.54, 1.807) is 0 Å². The van der Waals surface area contributed by atoms with Crippen LogP contribution in [-0.4, -0.2) is 4.98 Å². The summed E-state index contributed by atoms with van der Waals surface area (Å²) in [7, 11) is 0. The van der Waals surface area contributed by atoms with Crippen LogP contribution >= 0.6 is 43.5 Å². The fourth-order valence-corrected chi connectivity index (χ4v) is 1.51. The molecule has 54 valence electrons. The molecule has 0 amide bonds. The monoisotopic (exact) mass is 283 g/mol. The van der Waals surface area contributed by atoms with Crippen molar-refractivity contribution in [3.8, 4) is 0 Å². The number of halogens is 3. The molecular formula is C6H4Br2ClN. The summed E-state index contributed by atoms with van der Waals surface area (Å²) in [5, 5.41) is 0.623. The average molecular weight is 285 g/mol. The Morgan fingerprint density at radius 3 is 2.60 bits per heavy atom. The quantitative estimate of drug-likeness (QED) is 0.664. The summed E-state index contributed by atoms with van der Waals surface area (Å²) in [5.41, 5.74) is 0.927. The predicted molar refractivity (Wildman–Crippen MR) is 49.4 cm³/mol. The predicted octanol–water partition coefficient (Wildman–Crippen LogP) is 3.57. The smallest absolute Gasteiger partial charge is 0.125 e. The summed E-state index contributed by atoms with van der Waals surface area (Å²) in [4.78, 5) is 4.11. The molecule has 0 saturated carbocycles. The number of aryl methyl sites for hydroxylation is 1. The highest BCUT2D eigenvalue weighted by atomic mass is 79.9. The van der Waals surface area contributed by atoms with E-state index in [9.17, 15) is 0 Å². The molecule has 0 unspecified atom stereocenters. The molecule has 4 heteroatoms. The Morgan fingerprint density at radius 1 is 1.50 bits per heavy atom. The van der Waals surface area contributed by atoms with Crippen molar-refractivity contribution in [2.24, 2.45) is 0 Å². The summed E-state index contributed by atoms with van der Waals surface area (Å²) in [6, 6.07) is 1.81. The largest absolute Gasteiger partial charge is 0.243 e. The second-order valence-corrected chi connectivity index (χ2v) is 3.84. The number of rotatable bonds is 0. The number of aromatic nitrogens is 1. The Labute approximate surface area is 81.1 Å². The molecule has 0 aliphatic rings. The summed E-state index contributed by atoms with van der Waals surface area (Å²) in [6.45, 7) is 1.91. The van der Waals surface area contributed by atoms with E-state index in [-0.39, 0.29) is 0 Å². The van der Waals surface area contributed by atoms with Crippen LogP contribution < -0.4 is 0 Å². The minimum atomic E-state index is 0.623. The van der Waals surface area contributed by atoms with Crippen LogP contribution in [-0.2, 0) is 0 Å². The first kappa shape index (κ1) is 8.50. The Balaban J connectivity index is 3.28. The number of pyridine rings is 1. The van der Waals surface area contributed by atoms with Gasteiger partial charge in [0.2, 0.25) is 0 Å². The first-order valence-corrected chi connectivity index (χ1v) is 4.56. The molecular weight excluding hydrogens is 281 g/mol. The zero-order valence-corrected chi connectivity index (χ0v) is 9.09. The van der Waals surface area contributed by atoms with Gasteiger partial charge in [0.25, 0.3) is 0 Å². The van der Waals surface area contributed by atoms with E-state index < -0.39 is 0 Å². The third-order valence-electron chi connectivity index (χ3n) is 1.06. The standard InChI is InChI=1S/C6H4Br2ClN/c1-3-4(7)2-5(9)6(8)10-3/h2H,1H3. The zero-order valence-electron chi connectivity index (χ0n) is 5.16. The Kier molecular flexibility index (Phi) is 2.72. The van der Waals surface area contributed by atoms with Gasteiger partial charge in [0.05, 0.1) is 10.7 Å². The highest BCUT2D eigenvalue weighted by molar-refractivity contribution is 9.11. The van der Waals surface area contributed by atoms with Gasteiger partial charge in [-0.25, -0.2) is 4.98 Å². The van der Waals surface area contributed by atoms with E-state index in [0.29, 0.717) is 9.63 Å². The van der Waals surface area contributed by atoms with Crippen LogP contribution in [0.5, 0.6) is 0 Å². The maximum absolute atomic E-state index is 5.75. The van der Waals surface area contributed by atoms with Gasteiger partial charge in [0, 0.05) is 4.47 Å². The zero-order chi connectivity index (χ0) is 7.72. The maximum Gasteiger partial charge on any atom is 0.125 e. The third-order valence-corrected chi connectivity index (χ3v) is 2.99. The van der Waals surface area contributed by atoms with Gasteiger partial charge in [-0.05, 0) is 44.8 Å². The molecule has 0 N–H and O–H groups in total. The van der Waals surface area contributed by atoms with Crippen LogP contribution in [0.3, 0.4) is 0 Å². The average Bonchev–Trinajstić information content (AvgIpc) is 1.84. The van der Waals surface area contributed by atoms with Gasteiger partial charge in [0.15, 0.2) is 0 Å². The van der Waals surface area contributed by atoms with E-state index in [1.165, 1.54) is 0 Å². The molecule has 0 aliphatic heterocycles. The Morgan fingerprint density at radius 2 is 2.10 bits per heavy atom. The molecule has 0 radical (unpaired) electrons. The SMILES string of the molecule is Cc1nc(Br)c(Cl)cc1Br. The first-order chi connectivity index (χ1) is 4.61. The molecule has 0 atom stereocenters. The van der Waals surface area contributed by atoms with Crippen molar-refractivity contribution in [1.82, 2.24) is 4.98 Å². The van der Waals surface area contributed by atoms with Crippen molar-refractivity contribution >= 4 is 43.5 Å². The lowest BCUT2D eigenvalue weighted by molar-refractivity contribution is 1.15. The van der Waals surface area contributed by atoms with Crippen molar-refractivity contribution in [2.45, 2.75) is 6.92 Å². The summed E-state index contributed by atoms with van der Waals surface area (Å²) in [5.74, 6) is 0. The number of hydrogen-bond acceptors (Lipinski definition) is 1. The van der Waals surface area contributed by atoms with Crippen molar-refractivity contribution in [2.75, 3.05) is 0 Å². The highest BCUT2D eigenvalue weighted by Crippen LogP contribution is 2.25. The molecule has 1 nitrogen and oxygen atoms in total. The normalized spacial score (nSPS) is 10.0. The Bertz CT molecular complexity index is 212. The lowest BCUT2D eigenvalue weighted by Gasteiger charge is -1.98. The van der Waals surface area contributed by atoms with Crippen LogP contribution in [0, 0.1) is 6.92 Å². The van der Waals surface area contributed by atoms with Gasteiger partial charge in [-0.2, -0.15) is 0 Å². The topological polar surface area (TPSA) is 12.9 Å². The molecule has 1 aromatic rings. The lowest BCUT2D eigenvalue weighted by atomic mass is 10.4. The van der Waals surface area contributed by atoms with Crippen molar-refractivity contribution in [1.29, 1.82) is 0 Å². The molecule has 0 saturated heterocycles. The summed E-state index contributed by atoms with van der Waals surface area (Å²) in [6.07, 6.45) is 0. The molecule has 10 heavy (non-hydrogen) atoms. The van der Waals surface area contributed by atoms with E-state index in [2.05, 4.69) is 36.8 Å². The second kappa shape index (κ2) is 3.20. The van der Waals surface area contributed by atoms with Crippen molar-refractivity contribution < 1.29 is 0 Å². The molecule has 0 spiro atoms.